The van der Waals surface area contributed by atoms with Crippen molar-refractivity contribution < 1.29 is 29.0 Å². The molecule has 11 heteroatoms. The lowest BCUT2D eigenvalue weighted by atomic mass is 10.0. The Hall–Kier alpha value is -4.48. The van der Waals surface area contributed by atoms with Gasteiger partial charge in [0, 0.05) is 62.0 Å². The van der Waals surface area contributed by atoms with Gasteiger partial charge in [0.25, 0.3) is 11.8 Å². The largest absolute Gasteiger partial charge is 0.490 e. The molecule has 1 aliphatic heterocycles. The van der Waals surface area contributed by atoms with Crippen LogP contribution < -0.4 is 15.4 Å². The smallest absolute Gasteiger partial charge is 0.321 e. The lowest BCUT2D eigenvalue weighted by Crippen LogP contribution is -2.48. The highest BCUT2D eigenvalue weighted by Crippen LogP contribution is 2.29. The quantitative estimate of drug-likeness (QED) is 0.323. The average molecular weight is 632 g/mol. The van der Waals surface area contributed by atoms with E-state index in [0.29, 0.717) is 35.8 Å². The molecule has 11 nitrogen and oxygen atoms in total. The first-order valence-corrected chi connectivity index (χ1v) is 15.8. The fraction of sp³-hybridized carbons (Fsp3) is 0.429. The molecular weight excluding hydrogens is 586 g/mol. The summed E-state index contributed by atoms with van der Waals surface area (Å²) in [4.78, 5) is 47.4. The van der Waals surface area contributed by atoms with Gasteiger partial charge in [0.2, 0.25) is 0 Å². The summed E-state index contributed by atoms with van der Waals surface area (Å²) in [6, 6.07) is 16.7. The van der Waals surface area contributed by atoms with Crippen molar-refractivity contribution in [2.24, 2.45) is 5.92 Å². The first-order chi connectivity index (χ1) is 22.2. The number of nitrogens with one attached hydrogen (secondary N) is 2. The van der Waals surface area contributed by atoms with Gasteiger partial charge in [-0.05, 0) is 75.6 Å². The average Bonchev–Trinajstić information content (AvgIpc) is 3.06. The van der Waals surface area contributed by atoms with Gasteiger partial charge < -0.3 is 35.0 Å². The van der Waals surface area contributed by atoms with Crippen LogP contribution >= 0.6 is 0 Å². The van der Waals surface area contributed by atoms with Gasteiger partial charge in [-0.25, -0.2) is 4.79 Å². The van der Waals surface area contributed by atoms with Gasteiger partial charge in [-0.2, -0.15) is 0 Å². The monoisotopic (exact) mass is 631 g/mol. The van der Waals surface area contributed by atoms with Crippen LogP contribution in [0.5, 0.6) is 5.75 Å². The molecule has 2 heterocycles. The highest BCUT2D eigenvalue weighted by Gasteiger charge is 2.31. The van der Waals surface area contributed by atoms with Crippen LogP contribution in [0.3, 0.4) is 0 Å². The Kier molecular flexibility index (Phi) is 12.5. The minimum Gasteiger partial charge on any atom is -0.490 e. The zero-order valence-corrected chi connectivity index (χ0v) is 27.0. The molecular formula is C35H45N5O6. The lowest BCUT2D eigenvalue weighted by molar-refractivity contribution is -0.0115. The van der Waals surface area contributed by atoms with Crippen LogP contribution in [0.1, 0.15) is 60.7 Å². The number of hydrogen-bond acceptors (Lipinski definition) is 7. The molecule has 0 spiro atoms. The number of carbonyl (C=O) groups excluding carboxylic acids is 3. The van der Waals surface area contributed by atoms with Gasteiger partial charge in [0.1, 0.15) is 5.75 Å². The third kappa shape index (κ3) is 9.51. The maximum atomic E-state index is 14.3. The molecule has 1 aromatic heterocycles. The molecule has 0 unspecified atom stereocenters. The standard InChI is InChI=1S/C35H45N5O6/c1-24-21-40(25(2)23-41)34(43)30-20-29(37-33(42)27-15-17-36-18-16-27)13-14-31(30)46-26(3)10-8-9-19-45-32(24)22-39(4)35(44)38-28-11-6-5-7-12-28/h5-7,11-18,20,24-26,32,41H,8-10,19,21-23H2,1-4H3,(H,37,42)(H,38,44)/t24-,25-,26-,32+/m1/s1. The Morgan fingerprint density at radius 3 is 2.50 bits per heavy atom. The van der Waals surface area contributed by atoms with E-state index < -0.39 is 6.04 Å². The van der Waals surface area contributed by atoms with Crippen LogP contribution in [0.15, 0.2) is 73.1 Å². The molecule has 1 aliphatic rings. The zero-order chi connectivity index (χ0) is 33.1. The van der Waals surface area contributed by atoms with Crippen LogP contribution in [0, 0.1) is 5.92 Å². The molecule has 0 radical (unpaired) electrons. The van der Waals surface area contributed by atoms with Crippen LogP contribution in [-0.4, -0.2) is 89.3 Å². The summed E-state index contributed by atoms with van der Waals surface area (Å²) in [5.74, 6) is -0.476. The normalized spacial score (nSPS) is 20.0. The van der Waals surface area contributed by atoms with Crippen molar-refractivity contribution in [2.45, 2.75) is 58.3 Å². The fourth-order valence-corrected chi connectivity index (χ4v) is 5.26. The van der Waals surface area contributed by atoms with Crippen LogP contribution in [-0.2, 0) is 4.74 Å². The van der Waals surface area contributed by atoms with Gasteiger partial charge in [0.05, 0.1) is 30.4 Å². The summed E-state index contributed by atoms with van der Waals surface area (Å²) in [6.07, 6.45) is 4.91. The Morgan fingerprint density at radius 2 is 1.78 bits per heavy atom. The molecule has 246 valence electrons. The number of carbonyl (C=O) groups is 3. The Morgan fingerprint density at radius 1 is 1.04 bits per heavy atom. The molecule has 0 saturated heterocycles. The predicted molar refractivity (Wildman–Crippen MR) is 177 cm³/mol. The van der Waals surface area contributed by atoms with Crippen molar-refractivity contribution in [1.82, 2.24) is 14.8 Å². The number of amides is 4. The molecule has 2 aromatic carbocycles. The SMILES string of the molecule is C[C@@H]1CCCCO[C@@H](CN(C)C(=O)Nc2ccccc2)[C@H](C)CN([C@H](C)CO)C(=O)c2cc(NC(=O)c3ccncc3)ccc2O1. The minimum atomic E-state index is -0.525. The van der Waals surface area contributed by atoms with Gasteiger partial charge in [-0.15, -0.1) is 0 Å². The molecule has 4 atom stereocenters. The third-order valence-corrected chi connectivity index (χ3v) is 8.08. The highest BCUT2D eigenvalue weighted by molar-refractivity contribution is 6.05. The number of urea groups is 1. The maximum Gasteiger partial charge on any atom is 0.321 e. The summed E-state index contributed by atoms with van der Waals surface area (Å²) >= 11 is 0. The van der Waals surface area contributed by atoms with Crippen molar-refractivity contribution in [3.63, 3.8) is 0 Å². The van der Waals surface area contributed by atoms with Crippen molar-refractivity contribution in [3.8, 4) is 5.75 Å². The number of hydrogen-bond donors (Lipinski definition) is 3. The second kappa shape index (κ2) is 16.7. The second-order valence-electron chi connectivity index (χ2n) is 11.9. The number of ether oxygens (including phenoxy) is 2. The summed E-state index contributed by atoms with van der Waals surface area (Å²) in [7, 11) is 1.72. The van der Waals surface area contributed by atoms with E-state index in [1.807, 2.05) is 44.2 Å². The molecule has 4 amide bonds. The summed E-state index contributed by atoms with van der Waals surface area (Å²) in [6.45, 7) is 6.51. The van der Waals surface area contributed by atoms with Crippen molar-refractivity contribution >= 4 is 29.2 Å². The summed E-state index contributed by atoms with van der Waals surface area (Å²) in [5.41, 5.74) is 1.84. The van der Waals surface area contributed by atoms with E-state index in [-0.39, 0.29) is 54.7 Å². The van der Waals surface area contributed by atoms with Crippen LogP contribution in [0.2, 0.25) is 0 Å². The summed E-state index contributed by atoms with van der Waals surface area (Å²) in [5, 5.41) is 16.0. The number of aliphatic hydroxyl groups is 1. The molecule has 4 rings (SSSR count). The lowest BCUT2D eigenvalue weighted by Gasteiger charge is -2.35. The first kappa shape index (κ1) is 34.4. The number of benzene rings is 2. The number of rotatable bonds is 7. The van der Waals surface area contributed by atoms with Crippen molar-refractivity contribution in [2.75, 3.05) is 44.0 Å². The molecule has 0 saturated carbocycles. The minimum absolute atomic E-state index is 0.182. The number of para-hydroxylation sites is 1. The highest BCUT2D eigenvalue weighted by atomic mass is 16.5. The van der Waals surface area contributed by atoms with E-state index in [1.165, 1.54) is 12.4 Å². The Labute approximate surface area is 270 Å². The third-order valence-electron chi connectivity index (χ3n) is 8.08. The van der Waals surface area contributed by atoms with Gasteiger partial charge in [-0.1, -0.05) is 25.1 Å². The van der Waals surface area contributed by atoms with E-state index in [1.54, 1.807) is 54.1 Å². The zero-order valence-electron chi connectivity index (χ0n) is 27.0. The maximum absolute atomic E-state index is 14.3. The van der Waals surface area contributed by atoms with Gasteiger partial charge in [0.15, 0.2) is 0 Å². The number of nitrogens with zero attached hydrogens (tertiary/aromatic N) is 3. The fourth-order valence-electron chi connectivity index (χ4n) is 5.26. The van der Waals surface area contributed by atoms with Crippen LogP contribution in [0.4, 0.5) is 16.2 Å². The molecule has 0 aliphatic carbocycles. The molecule has 0 bridgehead atoms. The van der Waals surface area contributed by atoms with Gasteiger partial charge >= 0.3 is 6.03 Å². The molecule has 0 fully saturated rings. The number of aliphatic hydroxyl groups excluding tert-OH is 1. The van der Waals surface area contributed by atoms with Gasteiger partial charge in [-0.3, -0.25) is 14.6 Å². The summed E-state index contributed by atoms with van der Waals surface area (Å²) < 4.78 is 12.6. The Bertz CT molecular complexity index is 1440. The van der Waals surface area contributed by atoms with E-state index in [4.69, 9.17) is 9.47 Å². The second-order valence-corrected chi connectivity index (χ2v) is 11.9. The van der Waals surface area contributed by atoms with Crippen molar-refractivity contribution in [1.29, 1.82) is 0 Å². The predicted octanol–water partition coefficient (Wildman–Crippen LogP) is 5.29. The number of fused-ring (bicyclic) bond motifs is 1. The van der Waals surface area contributed by atoms with E-state index >= 15 is 0 Å². The van der Waals surface area contributed by atoms with Crippen molar-refractivity contribution in [3.05, 3.63) is 84.2 Å². The first-order valence-electron chi connectivity index (χ1n) is 15.8. The van der Waals surface area contributed by atoms with E-state index in [0.717, 1.165) is 19.3 Å². The molecule has 46 heavy (non-hydrogen) atoms. The Balaban J connectivity index is 1.60. The number of aromatic nitrogens is 1. The topological polar surface area (TPSA) is 133 Å². The molecule has 3 N–H and O–H groups in total. The number of likely N-dealkylation sites (N-methyl/N-ethyl adjacent to an activating group) is 1. The number of anilines is 2. The number of pyridine rings is 1. The molecule has 3 aromatic rings. The van der Waals surface area contributed by atoms with Crippen LogP contribution in [0.25, 0.3) is 0 Å². The van der Waals surface area contributed by atoms with E-state index in [2.05, 4.69) is 15.6 Å². The van der Waals surface area contributed by atoms with E-state index in [9.17, 15) is 19.5 Å².